The quantitative estimate of drug-likeness (QED) is 0.0393. The summed E-state index contributed by atoms with van der Waals surface area (Å²) in [6.07, 6.45) is -0.942. The molecule has 5 aliphatic rings. The average molecular weight is 1720 g/mol. The number of phenolic OH excluding ortho intramolecular Hbond substituents is 2. The molecule has 8 N–H and O–H groups in total. The van der Waals surface area contributed by atoms with Gasteiger partial charge in [0.05, 0.1) is 77.6 Å². The fourth-order valence-electron chi connectivity index (χ4n) is 17.0. The number of aliphatic hydroxyl groups is 4. The van der Waals surface area contributed by atoms with E-state index in [1.165, 1.54) is 5.56 Å². The summed E-state index contributed by atoms with van der Waals surface area (Å²) in [7, 11) is -14.7. The van der Waals surface area contributed by atoms with E-state index in [9.17, 15) is 40.9 Å². The third kappa shape index (κ3) is 15.0. The van der Waals surface area contributed by atoms with Gasteiger partial charge < -0.3 is 68.0 Å². The second kappa shape index (κ2) is 33.0. The molecule has 5 heterocycles. The fraction of sp³-hybridized carbons (Fsp3) is 0.152. The Morgan fingerprint density at radius 3 is 0.746 bits per heavy atom. The van der Waals surface area contributed by atoms with Gasteiger partial charge in [-0.2, -0.15) is 0 Å². The number of aliphatic hydroxyl groups excluding tert-OH is 4. The second-order valence-corrected chi connectivity index (χ2v) is 42.6. The first kappa shape index (κ1) is 82.7. The summed E-state index contributed by atoms with van der Waals surface area (Å²) >= 11 is 0. The molecular formula is C99H87O18P5. The van der Waals surface area contributed by atoms with Crippen molar-refractivity contribution in [2.75, 3.05) is 7.11 Å². The van der Waals surface area contributed by atoms with Crippen LogP contribution in [0.15, 0.2) is 291 Å². The van der Waals surface area contributed by atoms with E-state index in [-0.39, 0.29) is 96.3 Å². The molecule has 0 fully saturated rings. The van der Waals surface area contributed by atoms with Crippen molar-refractivity contribution in [2.24, 2.45) is 0 Å². The van der Waals surface area contributed by atoms with Crippen molar-refractivity contribution in [3.8, 4) is 107 Å². The third-order valence-electron chi connectivity index (χ3n) is 23.6. The predicted molar refractivity (Wildman–Crippen MR) is 480 cm³/mol. The first-order valence-corrected chi connectivity index (χ1v) is 48.2. The maximum absolute atomic E-state index is 15.8. The number of para-hydroxylation sites is 5. The zero-order valence-electron chi connectivity index (χ0n) is 67.3. The van der Waals surface area contributed by atoms with Crippen LogP contribution in [0, 0.1) is 0 Å². The van der Waals surface area contributed by atoms with Crippen LogP contribution in [0.4, 0.5) is 0 Å². The van der Waals surface area contributed by atoms with Crippen LogP contribution in [-0.4, -0.2) is 48.0 Å². The Morgan fingerprint density at radius 2 is 0.484 bits per heavy atom. The van der Waals surface area contributed by atoms with Gasteiger partial charge in [0.15, 0.2) is 0 Å². The Hall–Kier alpha value is -11.6. The predicted octanol–water partition coefficient (Wildman–Crippen LogP) is 20.8. The summed E-state index contributed by atoms with van der Waals surface area (Å²) in [6.45, 7) is 6.27. The summed E-state index contributed by atoms with van der Waals surface area (Å²) in [6, 6.07) is 89.8. The van der Waals surface area contributed by atoms with Gasteiger partial charge in [-0.3, -0.25) is 18.3 Å². The highest BCUT2D eigenvalue weighted by Gasteiger charge is 2.45. The van der Waals surface area contributed by atoms with Crippen LogP contribution in [0.25, 0.3) is 55.6 Å². The zero-order chi connectivity index (χ0) is 85.2. The molecule has 14 aromatic carbocycles. The molecule has 23 heteroatoms. The maximum atomic E-state index is 15.8. The van der Waals surface area contributed by atoms with Crippen LogP contribution in [0.3, 0.4) is 0 Å². The van der Waals surface area contributed by atoms with Gasteiger partial charge in [-0.1, -0.05) is 234 Å². The summed E-state index contributed by atoms with van der Waals surface area (Å²) < 4.78 is 101. The number of fused-ring (bicyclic) bond motifs is 15. The van der Waals surface area contributed by atoms with E-state index in [1.807, 2.05) is 228 Å². The number of hydrogen-bond acceptors (Lipinski definition) is 18. The summed E-state index contributed by atoms with van der Waals surface area (Å²) in [5.74, 6) is 2.04. The van der Waals surface area contributed by atoms with Gasteiger partial charge in [0.1, 0.15) is 51.7 Å². The molecule has 616 valence electrons. The van der Waals surface area contributed by atoms with Gasteiger partial charge in [-0.15, -0.1) is 0 Å². The highest BCUT2D eigenvalue weighted by molar-refractivity contribution is 7.68. The minimum atomic E-state index is -3.87. The van der Waals surface area contributed by atoms with Crippen molar-refractivity contribution in [2.45, 2.75) is 89.6 Å². The van der Waals surface area contributed by atoms with Crippen LogP contribution in [0.5, 0.6) is 51.7 Å². The molecule has 0 aromatic heterocycles. The van der Waals surface area contributed by atoms with Gasteiger partial charge >= 0.3 is 0 Å². The fourth-order valence-corrected chi connectivity index (χ4v) is 27.8. The average Bonchev–Trinajstić information content (AvgIpc) is 0.738. The van der Waals surface area contributed by atoms with Crippen molar-refractivity contribution in [3.05, 3.63) is 358 Å². The van der Waals surface area contributed by atoms with Crippen molar-refractivity contribution >= 4 is 64.4 Å². The Balaban J connectivity index is 0.000000209. The van der Waals surface area contributed by atoms with Gasteiger partial charge in [-0.25, -0.2) is 0 Å². The summed E-state index contributed by atoms with van der Waals surface area (Å²) in [4.78, 5) is 0. The largest absolute Gasteiger partial charge is 0.507 e. The molecule has 0 saturated heterocycles. The van der Waals surface area contributed by atoms with Gasteiger partial charge in [0.2, 0.25) is 0 Å². The first-order valence-electron chi connectivity index (χ1n) is 39.8. The van der Waals surface area contributed by atoms with Crippen LogP contribution in [0.2, 0.25) is 0 Å². The molecule has 0 amide bonds. The molecular weight excluding hydrogens is 1630 g/mol. The molecule has 18 nitrogen and oxygen atoms in total. The molecule has 0 bridgehead atoms. The molecule has 0 radical (unpaired) electrons. The Kier molecular flexibility index (Phi) is 22.4. The third-order valence-corrected chi connectivity index (χ3v) is 34.5. The summed E-state index contributed by atoms with van der Waals surface area (Å²) in [5, 5.41) is 86.7. The van der Waals surface area contributed by atoms with Gasteiger partial charge in [-0.05, 0) is 135 Å². The highest BCUT2D eigenvalue weighted by Crippen LogP contribution is 2.64. The smallest absolute Gasteiger partial charge is 0.282 e. The van der Waals surface area contributed by atoms with E-state index in [0.29, 0.717) is 77.6 Å². The van der Waals surface area contributed by atoms with E-state index < -0.39 is 48.7 Å². The van der Waals surface area contributed by atoms with Gasteiger partial charge in [0, 0.05) is 90.3 Å². The molecule has 19 rings (SSSR count). The molecule has 5 aliphatic heterocycles. The Morgan fingerprint density at radius 1 is 0.279 bits per heavy atom. The van der Waals surface area contributed by atoms with E-state index >= 15 is 18.3 Å². The lowest BCUT2D eigenvalue weighted by molar-refractivity contribution is 0.263. The normalized spacial score (nSPS) is 18.3. The number of phenols is 4. The molecule has 14 aromatic rings. The zero-order valence-corrected chi connectivity index (χ0v) is 71.7. The minimum absolute atomic E-state index is 0.137. The topological polar surface area (TPSA) is 286 Å². The second-order valence-electron chi connectivity index (χ2n) is 31.7. The van der Waals surface area contributed by atoms with Crippen LogP contribution >= 0.6 is 37.9 Å². The SMILES string of the molecule is CC(C)(c1cc(CO)c(O)c(CO)c1)c1cc(CO)c(O)c(CO)c1.CC(C)(c1cc(CP2(=O)Oc3ccccc3-c3ccccc32)c(O)c(CP2(=O)Oc3ccccc3-c3ccccc32)c1)c1cc(CP2(=O)Oc3ccccc3-c3ccccc32)c(O)c(CP2(=O)Oc3ccccc3-c3ccccc32)c1.COP1Oc2ccccc2-c2ccccc21. The summed E-state index contributed by atoms with van der Waals surface area (Å²) in [5.41, 5.74) is 11.9. The van der Waals surface area contributed by atoms with Crippen LogP contribution < -0.4 is 49.1 Å². The molecule has 0 aliphatic carbocycles. The number of hydrogen-bond donors (Lipinski definition) is 8. The Labute approximate surface area is 708 Å². The van der Waals surface area contributed by atoms with Crippen LogP contribution in [-0.2, 0) is 84.7 Å². The number of rotatable bonds is 17. The van der Waals surface area contributed by atoms with Crippen LogP contribution in [0.1, 0.15) is 94.5 Å². The lowest BCUT2D eigenvalue weighted by Crippen LogP contribution is -2.23. The van der Waals surface area contributed by atoms with Crippen molar-refractivity contribution in [3.63, 3.8) is 0 Å². The molecule has 0 spiro atoms. The lowest BCUT2D eigenvalue weighted by Gasteiger charge is -2.33. The van der Waals surface area contributed by atoms with Crippen molar-refractivity contribution in [1.29, 1.82) is 0 Å². The molecule has 5 unspecified atom stereocenters. The number of aromatic hydroxyl groups is 4. The molecule has 122 heavy (non-hydrogen) atoms. The van der Waals surface area contributed by atoms with Gasteiger partial charge in [0.25, 0.3) is 37.9 Å². The van der Waals surface area contributed by atoms with E-state index in [4.69, 9.17) is 27.1 Å². The lowest BCUT2D eigenvalue weighted by atomic mass is 9.76. The first-order chi connectivity index (χ1) is 58.8. The number of benzene rings is 14. The van der Waals surface area contributed by atoms with E-state index in [0.717, 1.165) is 72.3 Å². The minimum Gasteiger partial charge on any atom is -0.507 e. The van der Waals surface area contributed by atoms with Crippen molar-refractivity contribution < 1.29 is 86.3 Å². The molecule has 5 atom stereocenters. The standard InChI is InChI=1S/C67H52O10P4.C19H24O6.C13H11O2P/c1-67(2,47-35-43(39-78(70)61-31-15-7-23-53(61)49-19-3-11-27-57(49)74-78)65(68)44(36-47)40-79(71)62-32-16-8-24-54(62)50-20-4-12-28-58(50)75-79)48-37-45(41-80(72)63-33-17-9-25-55(63)51-21-5-13-29-59(51)76-80)66(69)46(38-48)42-81(73)64-34-18-10-26-56(64)52-22-6-14-30-60(52)77-81;1-19(2,15-3-11(7-20)17(24)12(4-15)8-21)16-5-13(9-22)18(25)14(6-16)10-23;1-14-16-13-9-5-3-7-11(13)10-6-2-4-8-12(10)15-16/h3-38,68-69H,39-42H2,1-2H3;3-6,20-25H,7-10H2,1-2H3;2-9H,1H3. The van der Waals surface area contributed by atoms with E-state index in [2.05, 4.69) is 18.2 Å². The van der Waals surface area contributed by atoms with E-state index in [1.54, 1.807) is 79.9 Å². The maximum Gasteiger partial charge on any atom is 0.282 e. The Bertz CT molecular complexity index is 6030. The van der Waals surface area contributed by atoms with Crippen molar-refractivity contribution in [1.82, 2.24) is 0 Å². The highest BCUT2D eigenvalue weighted by atomic mass is 31.2. The molecule has 0 saturated carbocycles. The monoisotopic (exact) mass is 1720 g/mol.